The van der Waals surface area contributed by atoms with Gasteiger partial charge in [-0.3, -0.25) is 4.79 Å². The van der Waals surface area contributed by atoms with Gasteiger partial charge in [0.1, 0.15) is 0 Å². The number of alkyl halides is 3. The van der Waals surface area contributed by atoms with Crippen LogP contribution in [0.25, 0.3) is 10.8 Å². The number of rotatable bonds is 4. The molecule has 0 aromatic heterocycles. The first-order valence-electron chi connectivity index (χ1n) is 10.2. The summed E-state index contributed by atoms with van der Waals surface area (Å²) in [6, 6.07) is 15.4. The van der Waals surface area contributed by atoms with Gasteiger partial charge in [0.15, 0.2) is 0 Å². The number of carbonyl (C=O) groups excluding carboxylic acids is 1. The summed E-state index contributed by atoms with van der Waals surface area (Å²) in [4.78, 5) is 12.9. The van der Waals surface area contributed by atoms with Crippen molar-refractivity contribution < 1.29 is 26.4 Å². The minimum absolute atomic E-state index is 0.0498. The second-order valence-electron chi connectivity index (χ2n) is 7.89. The number of hydrogen-bond acceptors (Lipinski definition) is 3. The summed E-state index contributed by atoms with van der Waals surface area (Å²) in [5, 5.41) is 3.70. The van der Waals surface area contributed by atoms with E-state index in [4.69, 9.17) is 11.6 Å². The van der Waals surface area contributed by atoms with Crippen LogP contribution < -0.4 is 5.32 Å². The number of fused-ring (bicyclic) bond motifs is 1. The van der Waals surface area contributed by atoms with Crippen molar-refractivity contribution in [1.29, 1.82) is 0 Å². The second-order valence-corrected chi connectivity index (χ2v) is 10.2. The molecular weight excluding hydrogens is 477 g/mol. The van der Waals surface area contributed by atoms with Gasteiger partial charge in [0.25, 0.3) is 0 Å². The van der Waals surface area contributed by atoms with E-state index in [1.807, 2.05) is 24.3 Å². The highest BCUT2D eigenvalue weighted by Gasteiger charge is 2.35. The summed E-state index contributed by atoms with van der Waals surface area (Å²) in [6.45, 7) is 0.207. The quantitative estimate of drug-likeness (QED) is 0.515. The second kappa shape index (κ2) is 8.96. The topological polar surface area (TPSA) is 66.5 Å². The van der Waals surface area contributed by atoms with Crippen molar-refractivity contribution in [2.45, 2.75) is 23.9 Å². The molecule has 0 aliphatic carbocycles. The third-order valence-corrected chi connectivity index (χ3v) is 7.84. The highest BCUT2D eigenvalue weighted by Crippen LogP contribution is 2.36. The average molecular weight is 497 g/mol. The van der Waals surface area contributed by atoms with Crippen LogP contribution in [0.15, 0.2) is 65.6 Å². The summed E-state index contributed by atoms with van der Waals surface area (Å²) < 4.78 is 66.9. The van der Waals surface area contributed by atoms with E-state index in [2.05, 4.69) is 5.32 Å². The van der Waals surface area contributed by atoms with Gasteiger partial charge in [0.2, 0.25) is 15.9 Å². The van der Waals surface area contributed by atoms with E-state index in [1.54, 1.807) is 12.1 Å². The molecule has 1 aliphatic rings. The van der Waals surface area contributed by atoms with E-state index in [1.165, 1.54) is 16.4 Å². The summed E-state index contributed by atoms with van der Waals surface area (Å²) in [6.07, 6.45) is -3.78. The number of sulfonamides is 1. The zero-order chi connectivity index (χ0) is 23.8. The number of benzene rings is 3. The van der Waals surface area contributed by atoms with E-state index < -0.39 is 38.6 Å². The fraction of sp³-hybridized carbons (Fsp3) is 0.261. The van der Waals surface area contributed by atoms with Crippen molar-refractivity contribution in [3.05, 3.63) is 71.2 Å². The minimum Gasteiger partial charge on any atom is -0.326 e. The molecule has 0 unspecified atom stereocenters. The van der Waals surface area contributed by atoms with Gasteiger partial charge in [-0.2, -0.15) is 17.5 Å². The Morgan fingerprint density at radius 1 is 1.03 bits per heavy atom. The van der Waals surface area contributed by atoms with Gasteiger partial charge in [0.05, 0.1) is 21.4 Å². The predicted octanol–water partition coefficient (Wildman–Crippen LogP) is 5.55. The van der Waals surface area contributed by atoms with Gasteiger partial charge >= 0.3 is 6.18 Å². The van der Waals surface area contributed by atoms with Crippen LogP contribution in [0.2, 0.25) is 5.02 Å². The number of anilines is 1. The van der Waals surface area contributed by atoms with Gasteiger partial charge in [0, 0.05) is 18.8 Å². The Kier molecular flexibility index (Phi) is 6.39. The zero-order valence-electron chi connectivity index (χ0n) is 17.3. The van der Waals surface area contributed by atoms with Gasteiger partial charge in [-0.25, -0.2) is 8.42 Å². The maximum absolute atomic E-state index is 13.2. The lowest BCUT2D eigenvalue weighted by Gasteiger charge is -2.31. The summed E-state index contributed by atoms with van der Waals surface area (Å²) in [5.74, 6) is -1.23. The third-order valence-electron chi connectivity index (χ3n) is 5.65. The fourth-order valence-corrected chi connectivity index (χ4v) is 5.70. The SMILES string of the molecule is O=C(Nc1ccc(Cl)c(C(F)(F)F)c1)[C@H]1CCCN(S(=O)(=O)c2ccc3ccccc3c2)C1. The van der Waals surface area contributed by atoms with Crippen LogP contribution in [0, 0.1) is 5.92 Å². The molecule has 0 bridgehead atoms. The predicted molar refractivity (Wildman–Crippen MR) is 121 cm³/mol. The maximum Gasteiger partial charge on any atom is 0.417 e. The highest BCUT2D eigenvalue weighted by atomic mass is 35.5. The zero-order valence-corrected chi connectivity index (χ0v) is 18.8. The van der Waals surface area contributed by atoms with Crippen LogP contribution in [0.4, 0.5) is 18.9 Å². The van der Waals surface area contributed by atoms with Crippen LogP contribution >= 0.6 is 11.6 Å². The van der Waals surface area contributed by atoms with Crippen LogP contribution in [0.3, 0.4) is 0 Å². The van der Waals surface area contributed by atoms with E-state index in [9.17, 15) is 26.4 Å². The van der Waals surface area contributed by atoms with Crippen molar-refractivity contribution in [3.8, 4) is 0 Å². The molecule has 1 N–H and O–H groups in total. The molecule has 3 aromatic rings. The number of amides is 1. The van der Waals surface area contributed by atoms with E-state index in [-0.39, 0.29) is 23.7 Å². The van der Waals surface area contributed by atoms with E-state index >= 15 is 0 Å². The molecule has 3 aromatic carbocycles. The summed E-state index contributed by atoms with van der Waals surface area (Å²) in [5.41, 5.74) is -1.10. The molecule has 1 aliphatic heterocycles. The smallest absolute Gasteiger partial charge is 0.326 e. The van der Waals surface area contributed by atoms with E-state index in [0.717, 1.165) is 22.9 Å². The fourth-order valence-electron chi connectivity index (χ4n) is 3.92. The molecule has 0 radical (unpaired) electrons. The summed E-state index contributed by atoms with van der Waals surface area (Å²) >= 11 is 5.62. The molecule has 0 spiro atoms. The lowest BCUT2D eigenvalue weighted by molar-refractivity contribution is -0.137. The van der Waals surface area contributed by atoms with Crippen molar-refractivity contribution in [1.82, 2.24) is 4.31 Å². The van der Waals surface area contributed by atoms with Crippen molar-refractivity contribution in [3.63, 3.8) is 0 Å². The minimum atomic E-state index is -4.66. The number of halogens is 4. The van der Waals surface area contributed by atoms with Crippen LogP contribution in [0.5, 0.6) is 0 Å². The number of piperidine rings is 1. The Morgan fingerprint density at radius 3 is 2.48 bits per heavy atom. The summed E-state index contributed by atoms with van der Waals surface area (Å²) in [7, 11) is -3.84. The normalized spacial score (nSPS) is 17.8. The third kappa shape index (κ3) is 5.00. The molecule has 0 saturated carbocycles. The van der Waals surface area contributed by atoms with Crippen molar-refractivity contribution >= 4 is 44.0 Å². The molecule has 4 rings (SSSR count). The number of nitrogens with one attached hydrogen (secondary N) is 1. The van der Waals surface area contributed by atoms with Crippen molar-refractivity contribution in [2.24, 2.45) is 5.92 Å². The molecule has 10 heteroatoms. The lowest BCUT2D eigenvalue weighted by Crippen LogP contribution is -2.43. The Morgan fingerprint density at radius 2 is 1.76 bits per heavy atom. The first-order chi connectivity index (χ1) is 15.6. The molecular formula is C23H20ClF3N2O3S. The molecule has 5 nitrogen and oxygen atoms in total. The molecule has 174 valence electrons. The largest absolute Gasteiger partial charge is 0.417 e. The maximum atomic E-state index is 13.2. The first-order valence-corrected chi connectivity index (χ1v) is 12.0. The Hall–Kier alpha value is -2.62. The van der Waals surface area contributed by atoms with Gasteiger partial charge in [-0.05, 0) is 53.9 Å². The average Bonchev–Trinajstić information content (AvgIpc) is 2.79. The van der Waals surface area contributed by atoms with Crippen LogP contribution in [0.1, 0.15) is 18.4 Å². The number of hydrogen-bond donors (Lipinski definition) is 1. The molecule has 1 heterocycles. The molecule has 1 fully saturated rings. The highest BCUT2D eigenvalue weighted by molar-refractivity contribution is 7.89. The van der Waals surface area contributed by atoms with Crippen LogP contribution in [-0.4, -0.2) is 31.7 Å². The van der Waals surface area contributed by atoms with Gasteiger partial charge < -0.3 is 5.32 Å². The van der Waals surface area contributed by atoms with Crippen molar-refractivity contribution in [2.75, 3.05) is 18.4 Å². The molecule has 1 saturated heterocycles. The Labute approximate surface area is 194 Å². The van der Waals surface area contributed by atoms with Gasteiger partial charge in [-0.15, -0.1) is 0 Å². The molecule has 33 heavy (non-hydrogen) atoms. The Balaban J connectivity index is 1.51. The number of nitrogens with zero attached hydrogens (tertiary/aromatic N) is 1. The monoisotopic (exact) mass is 496 g/mol. The van der Waals surface area contributed by atoms with E-state index in [0.29, 0.717) is 12.8 Å². The van der Waals surface area contributed by atoms with Gasteiger partial charge in [-0.1, -0.05) is 41.9 Å². The van der Waals surface area contributed by atoms with Crippen LogP contribution in [-0.2, 0) is 21.0 Å². The molecule has 1 amide bonds. The first kappa shape index (κ1) is 23.5. The standard InChI is InChI=1S/C23H20ClF3N2O3S/c24-21-10-8-18(13-20(21)23(25,26)27)28-22(30)17-6-3-11-29(14-17)33(31,32)19-9-7-15-4-1-2-5-16(15)12-19/h1-2,4-5,7-10,12-13,17H,3,6,11,14H2,(H,28,30)/t17-/m0/s1. The lowest BCUT2D eigenvalue weighted by atomic mass is 9.98. The molecule has 1 atom stereocenters. The number of carbonyl (C=O) groups is 1. The Bertz CT molecular complexity index is 1310.